The average Bonchev–Trinajstić information content (AvgIpc) is 3.11. The minimum atomic E-state index is -4.46. The van der Waals surface area contributed by atoms with Crippen LogP contribution in [0.15, 0.2) is 72.9 Å². The van der Waals surface area contributed by atoms with E-state index in [1.54, 1.807) is 0 Å². The number of rotatable bonds is 71. The van der Waals surface area contributed by atoms with Gasteiger partial charge in [0.2, 0.25) is 5.91 Å². The molecule has 0 saturated heterocycles. The Morgan fingerprint density at radius 3 is 1.03 bits per heavy atom. The first-order chi connectivity index (χ1) is 43.9. The number of phosphoric acid groups is 1. The first-order valence-corrected chi connectivity index (χ1v) is 40.3. The van der Waals surface area contributed by atoms with E-state index in [2.05, 4.69) is 86.8 Å². The van der Waals surface area contributed by atoms with Crippen LogP contribution in [0.4, 0.5) is 0 Å². The molecule has 0 fully saturated rings. The molecule has 3 atom stereocenters. The third-order valence-corrected chi connectivity index (χ3v) is 18.4. The highest BCUT2D eigenvalue weighted by Crippen LogP contribution is 2.43. The molecule has 0 aromatic rings. The molecule has 0 aliphatic heterocycles. The lowest BCUT2D eigenvalue weighted by molar-refractivity contribution is -0.870. The van der Waals surface area contributed by atoms with E-state index < -0.39 is 20.0 Å². The van der Waals surface area contributed by atoms with Crippen LogP contribution in [0.25, 0.3) is 0 Å². The van der Waals surface area contributed by atoms with Gasteiger partial charge in [-0.25, -0.2) is 4.57 Å². The average molecular weight is 1280 g/mol. The molecule has 0 spiro atoms. The number of amides is 1. The molecule has 0 bridgehead atoms. The summed E-state index contributed by atoms with van der Waals surface area (Å²) in [5.41, 5.74) is 0. The molecule has 1 amide bonds. The molecule has 0 radical (unpaired) electrons. The number of quaternary nitrogens is 1. The number of carbonyl (C=O) groups excluding carboxylic acids is 2. The van der Waals surface area contributed by atoms with Gasteiger partial charge in [0, 0.05) is 12.8 Å². The van der Waals surface area contributed by atoms with E-state index in [9.17, 15) is 19.0 Å². The number of allylic oxidation sites excluding steroid dienone is 11. The lowest BCUT2D eigenvalue weighted by Gasteiger charge is -2.27. The lowest BCUT2D eigenvalue weighted by atomic mass is 10.0. The largest absolute Gasteiger partial charge is 0.472 e. The molecule has 2 N–H and O–H groups in total. The van der Waals surface area contributed by atoms with Gasteiger partial charge in [0.25, 0.3) is 0 Å². The van der Waals surface area contributed by atoms with E-state index in [-0.39, 0.29) is 31.5 Å². The SMILES string of the molecule is CCCCC/C=C\C/C=C\C/C=C\CCCCCCCCCCCCCCC(=O)OC(/C=C/CCCCCCCCCCCC)C(COP(=O)(O)OCC[N+](C)(C)C)NC(=O)CCCCCCCCCCCCCCCCCCC/C=C\C/C=C\CCCCC. The minimum absolute atomic E-state index is 0.0400. The van der Waals surface area contributed by atoms with E-state index >= 15 is 0 Å². The molecule has 526 valence electrons. The van der Waals surface area contributed by atoms with Crippen molar-refractivity contribution in [2.45, 2.75) is 386 Å². The Balaban J connectivity index is 4.94. The molecule has 10 heteroatoms. The molecule has 90 heavy (non-hydrogen) atoms. The van der Waals surface area contributed by atoms with Crippen LogP contribution in [0.5, 0.6) is 0 Å². The summed E-state index contributed by atoms with van der Waals surface area (Å²) < 4.78 is 30.9. The van der Waals surface area contributed by atoms with Gasteiger partial charge in [0.15, 0.2) is 0 Å². The number of unbranched alkanes of at least 4 members (excludes halogenated alkanes) is 45. The van der Waals surface area contributed by atoms with Crippen molar-refractivity contribution >= 4 is 19.7 Å². The van der Waals surface area contributed by atoms with Gasteiger partial charge in [-0.3, -0.25) is 18.6 Å². The van der Waals surface area contributed by atoms with Crippen LogP contribution in [-0.2, 0) is 27.9 Å². The summed E-state index contributed by atoms with van der Waals surface area (Å²) in [4.78, 5) is 38.0. The molecule has 0 rings (SSSR count). The fourth-order valence-electron chi connectivity index (χ4n) is 11.4. The Morgan fingerprint density at radius 2 is 0.678 bits per heavy atom. The van der Waals surface area contributed by atoms with Gasteiger partial charge in [-0.15, -0.1) is 0 Å². The maximum atomic E-state index is 13.7. The second-order valence-corrected chi connectivity index (χ2v) is 29.0. The predicted octanol–water partition coefficient (Wildman–Crippen LogP) is 25.1. The summed E-state index contributed by atoms with van der Waals surface area (Å²) in [7, 11) is 1.51. The molecule has 0 aliphatic rings. The third-order valence-electron chi connectivity index (χ3n) is 17.4. The second kappa shape index (κ2) is 69.3. The molecule has 0 aromatic carbocycles. The second-order valence-electron chi connectivity index (χ2n) is 27.5. The molecule has 3 unspecified atom stereocenters. The zero-order chi connectivity index (χ0) is 65.6. The van der Waals surface area contributed by atoms with Crippen molar-refractivity contribution in [1.29, 1.82) is 0 Å². The fourth-order valence-corrected chi connectivity index (χ4v) is 12.1. The van der Waals surface area contributed by atoms with Crippen molar-refractivity contribution in [1.82, 2.24) is 5.32 Å². The summed E-state index contributed by atoms with van der Waals surface area (Å²) >= 11 is 0. The predicted molar refractivity (Wildman–Crippen MR) is 392 cm³/mol. The summed E-state index contributed by atoms with van der Waals surface area (Å²) in [6.45, 7) is 7.01. The number of ether oxygens (including phenoxy) is 1. The van der Waals surface area contributed by atoms with Gasteiger partial charge in [0.05, 0.1) is 33.8 Å². The first-order valence-electron chi connectivity index (χ1n) is 38.8. The van der Waals surface area contributed by atoms with Crippen LogP contribution in [0.2, 0.25) is 0 Å². The first kappa shape index (κ1) is 87.5. The number of carbonyl (C=O) groups is 2. The van der Waals surface area contributed by atoms with Crippen molar-refractivity contribution in [3.8, 4) is 0 Å². The van der Waals surface area contributed by atoms with Gasteiger partial charge in [0.1, 0.15) is 19.3 Å². The van der Waals surface area contributed by atoms with E-state index in [1.807, 2.05) is 33.3 Å². The molecule has 0 aliphatic carbocycles. The number of nitrogens with zero attached hydrogens (tertiary/aromatic N) is 1. The Bertz CT molecular complexity index is 1770. The van der Waals surface area contributed by atoms with Crippen molar-refractivity contribution in [2.75, 3.05) is 40.9 Å². The van der Waals surface area contributed by atoms with E-state index in [4.69, 9.17) is 13.8 Å². The monoisotopic (exact) mass is 1280 g/mol. The highest BCUT2D eigenvalue weighted by molar-refractivity contribution is 7.47. The minimum Gasteiger partial charge on any atom is -0.456 e. The summed E-state index contributed by atoms with van der Waals surface area (Å²) in [5.74, 6) is -0.492. The van der Waals surface area contributed by atoms with Crippen LogP contribution in [0.3, 0.4) is 0 Å². The summed E-state index contributed by atoms with van der Waals surface area (Å²) in [6.07, 6.45) is 92.1. The molecule has 9 nitrogen and oxygen atoms in total. The number of hydrogen-bond acceptors (Lipinski definition) is 6. The van der Waals surface area contributed by atoms with E-state index in [0.29, 0.717) is 17.4 Å². The van der Waals surface area contributed by atoms with Gasteiger partial charge >= 0.3 is 13.8 Å². The quantitative estimate of drug-likeness (QED) is 0.0205. The van der Waals surface area contributed by atoms with Crippen LogP contribution in [0, 0.1) is 0 Å². The maximum Gasteiger partial charge on any atom is 0.472 e. The van der Waals surface area contributed by atoms with E-state index in [0.717, 1.165) is 77.0 Å². The van der Waals surface area contributed by atoms with Crippen molar-refractivity contribution in [3.05, 3.63) is 72.9 Å². The molecule has 0 aromatic heterocycles. The lowest BCUT2D eigenvalue weighted by Crippen LogP contribution is -2.47. The Kier molecular flexibility index (Phi) is 67.3. The highest BCUT2D eigenvalue weighted by Gasteiger charge is 2.30. The van der Waals surface area contributed by atoms with Gasteiger partial charge < -0.3 is 19.4 Å². The zero-order valence-corrected chi connectivity index (χ0v) is 61.3. The topological polar surface area (TPSA) is 111 Å². The number of hydrogen-bond donors (Lipinski definition) is 2. The number of phosphoric ester groups is 1. The third kappa shape index (κ3) is 69.8. The fraction of sp³-hybridized carbons (Fsp3) is 0.825. The smallest absolute Gasteiger partial charge is 0.456 e. The standard InChI is InChI=1S/C80H149N2O7P/c1-7-10-13-16-19-22-25-28-30-32-34-36-38-40-41-43-44-46-48-50-52-54-57-60-63-66-69-72-79(83)81-77(76-88-90(85,86)87-75-74-82(4,5)6)78(71-68-65-62-59-56-27-24-21-18-15-12-9-3)89-80(84)73-70-67-64-61-58-55-53-51-49-47-45-42-39-37-35-33-31-29-26-23-20-17-14-11-8-2/h19-20,22-23,28-31,35,37,68,71,77-78H,7-18,21,24-27,32-34,36,38-67,69-70,72-76H2,1-6H3,(H-,81,83,85,86)/p+1/b22-19-,23-20-,30-28-,31-29-,37-35-,71-68+. The van der Waals surface area contributed by atoms with Crippen molar-refractivity contribution < 1.29 is 37.3 Å². The van der Waals surface area contributed by atoms with E-state index in [1.165, 1.54) is 263 Å². The number of likely N-dealkylation sites (N-methyl/N-ethyl adjacent to an activating group) is 1. The number of nitrogens with one attached hydrogen (secondary N) is 1. The maximum absolute atomic E-state index is 13.7. The van der Waals surface area contributed by atoms with Gasteiger partial charge in [-0.1, -0.05) is 332 Å². The van der Waals surface area contributed by atoms with Crippen LogP contribution in [0.1, 0.15) is 374 Å². The number of esters is 1. The van der Waals surface area contributed by atoms with Crippen LogP contribution < -0.4 is 5.32 Å². The van der Waals surface area contributed by atoms with Crippen LogP contribution in [-0.4, -0.2) is 74.3 Å². The summed E-state index contributed by atoms with van der Waals surface area (Å²) in [6, 6.07) is -0.851. The summed E-state index contributed by atoms with van der Waals surface area (Å²) in [5, 5.41) is 3.08. The normalized spacial score (nSPS) is 13.8. The molecular weight excluding hydrogens is 1130 g/mol. The van der Waals surface area contributed by atoms with Crippen molar-refractivity contribution in [3.63, 3.8) is 0 Å². The Morgan fingerprint density at radius 1 is 0.389 bits per heavy atom. The molecule has 0 saturated carbocycles. The zero-order valence-electron chi connectivity index (χ0n) is 60.4. The van der Waals surface area contributed by atoms with Gasteiger partial charge in [-0.2, -0.15) is 0 Å². The highest BCUT2D eigenvalue weighted by atomic mass is 31.2. The Labute approximate surface area is 559 Å². The van der Waals surface area contributed by atoms with Gasteiger partial charge in [-0.05, 0) is 102 Å². The molecular formula is C80H150N2O7P+. The molecule has 0 heterocycles. The van der Waals surface area contributed by atoms with Crippen molar-refractivity contribution in [2.24, 2.45) is 0 Å². The Hall–Kier alpha value is -2.55. The van der Waals surface area contributed by atoms with Crippen LogP contribution >= 0.6 is 7.82 Å².